The first-order valence-electron chi connectivity index (χ1n) is 5.72. The summed E-state index contributed by atoms with van der Waals surface area (Å²) in [5, 5.41) is 0. The number of halogens is 5. The van der Waals surface area contributed by atoms with E-state index in [9.17, 15) is 21.1 Å². The molecule has 0 heterocycles. The lowest BCUT2D eigenvalue weighted by molar-refractivity contribution is 0.326. The van der Waals surface area contributed by atoms with Gasteiger partial charge in [0.25, 0.3) is 0 Å². The first kappa shape index (κ1) is 16.1. The highest BCUT2D eigenvalue weighted by Gasteiger charge is 2.35. The molecular formula is C9H19F5Si2. The van der Waals surface area contributed by atoms with Crippen molar-refractivity contribution in [3.05, 3.63) is 0 Å². The van der Waals surface area contributed by atoms with Crippen molar-refractivity contribution in [1.82, 2.24) is 0 Å². The van der Waals surface area contributed by atoms with Gasteiger partial charge in [-0.3, -0.25) is 4.39 Å². The molecule has 7 heteroatoms. The molecule has 0 rings (SSSR count). The van der Waals surface area contributed by atoms with Gasteiger partial charge in [-0.25, -0.2) is 16.7 Å². The van der Waals surface area contributed by atoms with Crippen molar-refractivity contribution in [1.29, 1.82) is 0 Å². The van der Waals surface area contributed by atoms with E-state index in [1.54, 1.807) is 0 Å². The molecule has 0 bridgehead atoms. The third-order valence-electron chi connectivity index (χ3n) is 2.38. The molecule has 0 aromatic rings. The predicted octanol–water partition coefficient (Wildman–Crippen LogP) is 3.71. The number of hydrogen-bond acceptors (Lipinski definition) is 0. The molecule has 1 unspecified atom stereocenters. The highest BCUT2D eigenvalue weighted by molar-refractivity contribution is 6.59. The van der Waals surface area contributed by atoms with Crippen LogP contribution >= 0.6 is 0 Å². The first-order valence-corrected chi connectivity index (χ1v) is 9.56. The van der Waals surface area contributed by atoms with Gasteiger partial charge in [-0.2, -0.15) is 0 Å². The summed E-state index contributed by atoms with van der Waals surface area (Å²) in [7, 11) is -6.28. The molecule has 0 aliphatic carbocycles. The molecule has 0 saturated heterocycles. The molecule has 0 radical (unpaired) electrons. The fourth-order valence-corrected chi connectivity index (χ4v) is 5.10. The van der Waals surface area contributed by atoms with Gasteiger partial charge < -0.3 is 0 Å². The molecule has 0 N–H and O–H groups in total. The zero-order valence-corrected chi connectivity index (χ0v) is 11.7. The molecule has 0 spiro atoms. The Balaban J connectivity index is 3.27. The molecule has 98 valence electrons. The van der Waals surface area contributed by atoms with Crippen LogP contribution in [0.1, 0.15) is 25.7 Å². The minimum absolute atomic E-state index is 0.195. The smallest absolute Gasteiger partial charge is 0.251 e. The van der Waals surface area contributed by atoms with E-state index < -0.39 is 30.8 Å². The number of alkyl halides is 2. The van der Waals surface area contributed by atoms with Crippen LogP contribution in [0.15, 0.2) is 0 Å². The Morgan fingerprint density at radius 3 is 2.31 bits per heavy atom. The molecule has 0 nitrogen and oxygen atoms in total. The van der Waals surface area contributed by atoms with Gasteiger partial charge in [0.1, 0.15) is 0 Å². The first-order chi connectivity index (χ1) is 7.45. The van der Waals surface area contributed by atoms with E-state index in [0.29, 0.717) is 31.7 Å². The summed E-state index contributed by atoms with van der Waals surface area (Å²) in [6.45, 7) is -0.373. The minimum Gasteiger partial charge on any atom is -0.251 e. The predicted molar refractivity (Wildman–Crippen MR) is 61.4 cm³/mol. The summed E-state index contributed by atoms with van der Waals surface area (Å²) >= 11 is 0. The monoisotopic (exact) mass is 278 g/mol. The van der Waals surface area contributed by atoms with Crippen LogP contribution in [-0.4, -0.2) is 31.4 Å². The van der Waals surface area contributed by atoms with Crippen molar-refractivity contribution < 1.29 is 21.1 Å². The van der Waals surface area contributed by atoms with Crippen LogP contribution < -0.4 is 0 Å². The Hall–Kier alpha value is 0.0838. The van der Waals surface area contributed by atoms with Crippen molar-refractivity contribution in [3.63, 3.8) is 0 Å². The summed E-state index contributed by atoms with van der Waals surface area (Å²) < 4.78 is 60.5. The lowest BCUT2D eigenvalue weighted by Crippen LogP contribution is -2.15. The zero-order chi connectivity index (χ0) is 12.4. The lowest BCUT2D eigenvalue weighted by atomic mass is 10.1. The van der Waals surface area contributed by atoms with Crippen molar-refractivity contribution in [2.75, 3.05) is 6.67 Å². The summed E-state index contributed by atoms with van der Waals surface area (Å²) in [6, 6.07) is -0.0888. The molecule has 16 heavy (non-hydrogen) atoms. The maximum atomic E-state index is 13.1. The van der Waals surface area contributed by atoms with E-state index in [1.165, 1.54) is 0 Å². The topological polar surface area (TPSA) is 0 Å². The highest BCUT2D eigenvalue weighted by Crippen LogP contribution is 2.18. The molecule has 0 aliphatic heterocycles. The fourth-order valence-electron chi connectivity index (χ4n) is 1.47. The average molecular weight is 278 g/mol. The van der Waals surface area contributed by atoms with Crippen LogP contribution in [0.3, 0.4) is 0 Å². The Bertz CT molecular complexity index is 162. The standard InChI is InChI=1S/C9H19F5Si2/c10-5-3-1-2-4-9(11)8-15-6-7-16(12,13)14/h9H,1-8,15H2. The maximum absolute atomic E-state index is 13.1. The zero-order valence-electron chi connectivity index (χ0n) is 9.33. The van der Waals surface area contributed by atoms with Gasteiger partial charge in [-0.05, 0) is 18.9 Å². The van der Waals surface area contributed by atoms with Gasteiger partial charge >= 0.3 is 9.08 Å². The number of hydrogen-bond donors (Lipinski definition) is 0. The fraction of sp³-hybridized carbons (Fsp3) is 1.00. The highest BCUT2D eigenvalue weighted by atomic mass is 28.5. The third kappa shape index (κ3) is 12.2. The largest absolute Gasteiger partial charge is 0.615 e. The van der Waals surface area contributed by atoms with Crippen LogP contribution in [0.5, 0.6) is 0 Å². The van der Waals surface area contributed by atoms with Crippen LogP contribution in [0.2, 0.25) is 18.1 Å². The Labute approximate surface area is 97.0 Å². The molecule has 0 fully saturated rings. The van der Waals surface area contributed by atoms with Gasteiger partial charge in [0, 0.05) is 15.6 Å². The van der Waals surface area contributed by atoms with Crippen LogP contribution in [0.25, 0.3) is 0 Å². The maximum Gasteiger partial charge on any atom is 0.615 e. The van der Waals surface area contributed by atoms with Crippen molar-refractivity contribution >= 4 is 18.6 Å². The Morgan fingerprint density at radius 1 is 1.06 bits per heavy atom. The number of rotatable bonds is 10. The normalized spacial score (nSPS) is 14.8. The van der Waals surface area contributed by atoms with E-state index >= 15 is 0 Å². The molecular weight excluding hydrogens is 259 g/mol. The van der Waals surface area contributed by atoms with E-state index in [1.807, 2.05) is 0 Å². The van der Waals surface area contributed by atoms with E-state index in [0.717, 1.165) is 0 Å². The molecule has 1 atom stereocenters. The summed E-state index contributed by atoms with van der Waals surface area (Å²) in [5.74, 6) is 0. The van der Waals surface area contributed by atoms with Gasteiger partial charge in [-0.1, -0.05) is 18.9 Å². The van der Waals surface area contributed by atoms with Crippen molar-refractivity contribution in [2.45, 2.75) is 50.0 Å². The van der Waals surface area contributed by atoms with E-state index in [4.69, 9.17) is 0 Å². The molecule has 0 amide bonds. The second kappa shape index (κ2) is 9.15. The van der Waals surface area contributed by atoms with Crippen LogP contribution in [0.4, 0.5) is 21.1 Å². The second-order valence-electron chi connectivity index (χ2n) is 4.00. The van der Waals surface area contributed by atoms with Gasteiger partial charge in [0.15, 0.2) is 0 Å². The Kier molecular flexibility index (Phi) is 9.20. The Morgan fingerprint density at radius 2 is 1.75 bits per heavy atom. The SMILES string of the molecule is FCCCCCC(F)C[SiH2]CC[Si](F)(F)F. The van der Waals surface area contributed by atoms with E-state index in [2.05, 4.69) is 0 Å². The lowest BCUT2D eigenvalue weighted by Gasteiger charge is -2.07. The molecule has 0 saturated carbocycles. The molecule has 0 aromatic carbocycles. The van der Waals surface area contributed by atoms with Crippen molar-refractivity contribution in [2.24, 2.45) is 0 Å². The average Bonchev–Trinajstić information content (AvgIpc) is 2.18. The summed E-state index contributed by atoms with van der Waals surface area (Å²) in [6.07, 6.45) is 1.21. The third-order valence-corrected chi connectivity index (χ3v) is 5.89. The van der Waals surface area contributed by atoms with Crippen molar-refractivity contribution in [3.8, 4) is 0 Å². The van der Waals surface area contributed by atoms with Crippen LogP contribution in [0, 0.1) is 0 Å². The van der Waals surface area contributed by atoms with Gasteiger partial charge in [0.05, 0.1) is 12.8 Å². The second-order valence-corrected chi connectivity index (χ2v) is 7.72. The van der Waals surface area contributed by atoms with Gasteiger partial charge in [0.2, 0.25) is 0 Å². The molecule has 0 aliphatic rings. The quantitative estimate of drug-likeness (QED) is 0.247. The van der Waals surface area contributed by atoms with E-state index in [-0.39, 0.29) is 12.7 Å². The van der Waals surface area contributed by atoms with Gasteiger partial charge in [-0.15, -0.1) is 0 Å². The van der Waals surface area contributed by atoms with Crippen LogP contribution in [-0.2, 0) is 0 Å². The number of unbranched alkanes of at least 4 members (excludes halogenated alkanes) is 2. The minimum atomic E-state index is -5.39. The summed E-state index contributed by atoms with van der Waals surface area (Å²) in [5.41, 5.74) is 0. The molecule has 0 aromatic heterocycles. The summed E-state index contributed by atoms with van der Waals surface area (Å²) in [4.78, 5) is 0.